The van der Waals surface area contributed by atoms with Crippen molar-refractivity contribution < 1.29 is 57.6 Å². The van der Waals surface area contributed by atoms with Crippen molar-refractivity contribution in [2.24, 2.45) is 0 Å². The summed E-state index contributed by atoms with van der Waals surface area (Å²) in [4.78, 5) is 72.9. The Kier molecular flexibility index (Phi) is 11.5. The standard InChI is InChI=1S/C33H38N2O12/c1-17(36)34-29-27(47-28(16-43-18(2)37)30(45-19(3)38)31(29)46-20(4)39)14-13-26(32(40)41)35-33(42)44-15-25-23-11-7-5-9-21(23)22-10-6-8-12-24(22)25/h5-12,25-31H,13-16H2,1-4H3,(H,34,36)(H,35,42)(H,40,41)/t26-,27-,28+,29-,30+,31+/m0/s1. The van der Waals surface area contributed by atoms with Crippen LogP contribution >= 0.6 is 0 Å². The molecular formula is C33H38N2O12. The van der Waals surface area contributed by atoms with Gasteiger partial charge in [-0.15, -0.1) is 0 Å². The zero-order valence-corrected chi connectivity index (χ0v) is 26.4. The van der Waals surface area contributed by atoms with Gasteiger partial charge in [0.15, 0.2) is 12.2 Å². The lowest BCUT2D eigenvalue weighted by atomic mass is 9.89. The van der Waals surface area contributed by atoms with E-state index in [1.54, 1.807) is 0 Å². The molecule has 0 spiro atoms. The first-order valence-corrected chi connectivity index (χ1v) is 15.1. The van der Waals surface area contributed by atoms with Crippen LogP contribution in [0.4, 0.5) is 4.79 Å². The Labute approximate surface area is 271 Å². The van der Waals surface area contributed by atoms with Crippen molar-refractivity contribution in [1.29, 1.82) is 0 Å². The summed E-state index contributed by atoms with van der Waals surface area (Å²) in [7, 11) is 0. The summed E-state index contributed by atoms with van der Waals surface area (Å²) in [6.45, 7) is 4.21. The molecule has 0 saturated carbocycles. The minimum atomic E-state index is -1.43. The van der Waals surface area contributed by atoms with Crippen LogP contribution in [0.5, 0.6) is 0 Å². The Bertz CT molecular complexity index is 1460. The molecule has 1 saturated heterocycles. The van der Waals surface area contributed by atoms with Crippen LogP contribution in [-0.4, -0.2) is 90.7 Å². The number of esters is 3. The molecule has 14 nitrogen and oxygen atoms in total. The largest absolute Gasteiger partial charge is 0.480 e. The van der Waals surface area contributed by atoms with E-state index in [4.69, 9.17) is 23.7 Å². The van der Waals surface area contributed by atoms with Gasteiger partial charge in [0.05, 0.1) is 12.1 Å². The minimum Gasteiger partial charge on any atom is -0.480 e. The Morgan fingerprint density at radius 3 is 1.87 bits per heavy atom. The van der Waals surface area contributed by atoms with Gasteiger partial charge in [0, 0.05) is 33.6 Å². The lowest BCUT2D eigenvalue weighted by Crippen LogP contribution is -2.66. The van der Waals surface area contributed by atoms with E-state index in [2.05, 4.69) is 10.6 Å². The molecule has 3 N–H and O–H groups in total. The molecule has 2 aromatic rings. The van der Waals surface area contributed by atoms with Crippen LogP contribution in [0.1, 0.15) is 57.6 Å². The van der Waals surface area contributed by atoms with Crippen molar-refractivity contribution in [2.75, 3.05) is 13.2 Å². The number of hydrogen-bond acceptors (Lipinski definition) is 11. The molecule has 4 rings (SSSR count). The number of carbonyl (C=O) groups is 6. The quantitative estimate of drug-likeness (QED) is 0.224. The van der Waals surface area contributed by atoms with Crippen LogP contribution in [0, 0.1) is 0 Å². The summed E-state index contributed by atoms with van der Waals surface area (Å²) in [5.74, 6) is -4.28. The Morgan fingerprint density at radius 2 is 1.34 bits per heavy atom. The fraction of sp³-hybridized carbons (Fsp3) is 0.455. The van der Waals surface area contributed by atoms with E-state index in [9.17, 15) is 33.9 Å². The van der Waals surface area contributed by atoms with Gasteiger partial charge in [-0.2, -0.15) is 0 Å². The first kappa shape index (κ1) is 34.9. The maximum absolute atomic E-state index is 12.9. The lowest BCUT2D eigenvalue weighted by Gasteiger charge is -2.45. The number of benzene rings is 2. The molecule has 1 fully saturated rings. The zero-order valence-electron chi connectivity index (χ0n) is 26.4. The van der Waals surface area contributed by atoms with Gasteiger partial charge in [-0.25, -0.2) is 9.59 Å². The van der Waals surface area contributed by atoms with Crippen LogP contribution in [0.3, 0.4) is 0 Å². The number of carboxylic acids is 1. The molecule has 47 heavy (non-hydrogen) atoms. The van der Waals surface area contributed by atoms with Crippen LogP contribution in [-0.2, 0) is 47.7 Å². The smallest absolute Gasteiger partial charge is 0.407 e. The number of nitrogens with one attached hydrogen (secondary N) is 2. The van der Waals surface area contributed by atoms with E-state index < -0.39 is 79.0 Å². The number of fused-ring (bicyclic) bond motifs is 3. The number of carbonyl (C=O) groups excluding carboxylic acids is 5. The summed E-state index contributed by atoms with van der Waals surface area (Å²) < 4.78 is 27.6. The van der Waals surface area contributed by atoms with E-state index >= 15 is 0 Å². The van der Waals surface area contributed by atoms with Gasteiger partial charge in [0.2, 0.25) is 5.91 Å². The summed E-state index contributed by atoms with van der Waals surface area (Å²) in [6.07, 6.45) is -5.96. The number of hydrogen-bond donors (Lipinski definition) is 3. The number of aliphatic carboxylic acids is 1. The molecule has 1 aliphatic carbocycles. The van der Waals surface area contributed by atoms with Gasteiger partial charge < -0.3 is 39.4 Å². The summed E-state index contributed by atoms with van der Waals surface area (Å²) >= 11 is 0. The maximum atomic E-state index is 12.9. The van der Waals surface area contributed by atoms with E-state index in [0.29, 0.717) is 0 Å². The number of ether oxygens (including phenoxy) is 5. The van der Waals surface area contributed by atoms with Crippen molar-refractivity contribution in [3.05, 3.63) is 59.7 Å². The number of carboxylic acid groups (broad SMARTS) is 1. The van der Waals surface area contributed by atoms with Crippen molar-refractivity contribution >= 4 is 35.9 Å². The highest BCUT2D eigenvalue weighted by atomic mass is 16.6. The predicted molar refractivity (Wildman–Crippen MR) is 163 cm³/mol. The average Bonchev–Trinajstić information content (AvgIpc) is 3.32. The fourth-order valence-corrected chi connectivity index (χ4v) is 6.04. The second-order valence-electron chi connectivity index (χ2n) is 11.3. The van der Waals surface area contributed by atoms with Crippen molar-refractivity contribution in [1.82, 2.24) is 10.6 Å². The third-order valence-corrected chi connectivity index (χ3v) is 7.89. The van der Waals surface area contributed by atoms with Crippen LogP contribution in [0.15, 0.2) is 48.5 Å². The van der Waals surface area contributed by atoms with Crippen molar-refractivity contribution in [3.8, 4) is 11.1 Å². The molecule has 252 valence electrons. The van der Waals surface area contributed by atoms with Gasteiger partial charge in [0.1, 0.15) is 25.4 Å². The molecule has 1 heterocycles. The second kappa shape index (κ2) is 15.5. The molecule has 0 unspecified atom stereocenters. The van der Waals surface area contributed by atoms with Crippen LogP contribution in [0.25, 0.3) is 11.1 Å². The Morgan fingerprint density at radius 1 is 0.766 bits per heavy atom. The minimum absolute atomic E-state index is 0.0258. The van der Waals surface area contributed by atoms with Gasteiger partial charge in [-0.1, -0.05) is 48.5 Å². The molecule has 0 radical (unpaired) electrons. The highest BCUT2D eigenvalue weighted by Crippen LogP contribution is 2.44. The molecule has 14 heteroatoms. The Balaban J connectivity index is 1.48. The lowest BCUT2D eigenvalue weighted by molar-refractivity contribution is -0.224. The molecule has 0 aromatic heterocycles. The summed E-state index contributed by atoms with van der Waals surface area (Å²) in [6, 6.07) is 13.0. The number of rotatable bonds is 12. The summed E-state index contributed by atoms with van der Waals surface area (Å²) in [5, 5.41) is 15.0. The molecule has 2 aromatic carbocycles. The second-order valence-corrected chi connectivity index (χ2v) is 11.3. The fourth-order valence-electron chi connectivity index (χ4n) is 6.04. The average molecular weight is 655 g/mol. The molecular weight excluding hydrogens is 616 g/mol. The van der Waals surface area contributed by atoms with Crippen molar-refractivity contribution in [2.45, 2.75) is 83.0 Å². The third kappa shape index (κ3) is 8.85. The highest BCUT2D eigenvalue weighted by molar-refractivity contribution is 5.81. The topological polar surface area (TPSA) is 193 Å². The van der Waals surface area contributed by atoms with Gasteiger partial charge in [0.25, 0.3) is 0 Å². The van der Waals surface area contributed by atoms with Crippen LogP contribution < -0.4 is 10.6 Å². The molecule has 0 bridgehead atoms. The number of amides is 2. The number of alkyl carbamates (subject to hydrolysis) is 1. The van der Waals surface area contributed by atoms with Gasteiger partial charge >= 0.3 is 30.0 Å². The first-order chi connectivity index (χ1) is 22.3. The molecule has 2 amide bonds. The molecule has 1 aliphatic heterocycles. The van der Waals surface area contributed by atoms with E-state index in [0.717, 1.165) is 43.0 Å². The maximum Gasteiger partial charge on any atom is 0.407 e. The zero-order chi connectivity index (χ0) is 34.2. The highest BCUT2D eigenvalue weighted by Gasteiger charge is 2.50. The Hall–Kier alpha value is -4.98. The van der Waals surface area contributed by atoms with Gasteiger partial charge in [-0.05, 0) is 35.1 Å². The normalized spacial score (nSPS) is 22.1. The predicted octanol–water partition coefficient (Wildman–Crippen LogP) is 2.46. The van der Waals surface area contributed by atoms with E-state index in [1.165, 1.54) is 6.92 Å². The SMILES string of the molecule is CC(=O)N[C@@H]1[C@@H](OC(C)=O)[C@H](OC(C)=O)[C@@H](COC(C)=O)O[C@H]1CC[C@H](NC(=O)OCC1c2ccccc2-c2ccccc21)C(=O)O. The molecule has 2 aliphatic rings. The molecule has 6 atom stereocenters. The van der Waals surface area contributed by atoms with Gasteiger partial charge in [-0.3, -0.25) is 19.2 Å². The van der Waals surface area contributed by atoms with E-state index in [1.807, 2.05) is 48.5 Å². The van der Waals surface area contributed by atoms with E-state index in [-0.39, 0.29) is 25.4 Å². The summed E-state index contributed by atoms with van der Waals surface area (Å²) in [5.41, 5.74) is 4.06. The first-order valence-electron chi connectivity index (χ1n) is 15.1. The van der Waals surface area contributed by atoms with Crippen LogP contribution in [0.2, 0.25) is 0 Å². The third-order valence-electron chi connectivity index (χ3n) is 7.89. The van der Waals surface area contributed by atoms with Crippen molar-refractivity contribution in [3.63, 3.8) is 0 Å². The monoisotopic (exact) mass is 654 g/mol.